The van der Waals surface area contributed by atoms with Crippen LogP contribution in [0.2, 0.25) is 0 Å². The van der Waals surface area contributed by atoms with Crippen molar-refractivity contribution in [2.45, 2.75) is 19.4 Å². The van der Waals surface area contributed by atoms with E-state index >= 15 is 0 Å². The molecule has 0 unspecified atom stereocenters. The Morgan fingerprint density at radius 3 is 2.50 bits per heavy atom. The Hall–Kier alpha value is -1.61. The molecule has 0 fully saturated rings. The Bertz CT molecular complexity index is 459. The number of aliphatic hydroxyl groups excluding tert-OH is 1. The van der Waals surface area contributed by atoms with Crippen molar-refractivity contribution in [2.75, 3.05) is 0 Å². The standard InChI is InChI=1S/C13H16N2O/c1-3-10-4-6-11(7-5-10)12(16)13-14-8-9-15(13)2/h4-9,12,16H,3H2,1-2H3/t12-/m1/s1. The minimum absolute atomic E-state index is 0.647. The van der Waals surface area contributed by atoms with Crippen LogP contribution in [0.25, 0.3) is 0 Å². The van der Waals surface area contributed by atoms with E-state index in [9.17, 15) is 5.11 Å². The summed E-state index contributed by atoms with van der Waals surface area (Å²) >= 11 is 0. The zero-order valence-electron chi connectivity index (χ0n) is 9.59. The van der Waals surface area contributed by atoms with Crippen LogP contribution >= 0.6 is 0 Å². The van der Waals surface area contributed by atoms with Crippen molar-refractivity contribution >= 4 is 0 Å². The maximum atomic E-state index is 10.1. The fraction of sp³-hybridized carbons (Fsp3) is 0.308. The number of hydrogen-bond acceptors (Lipinski definition) is 2. The molecule has 0 aliphatic rings. The number of imidazole rings is 1. The summed E-state index contributed by atoms with van der Waals surface area (Å²) in [5.74, 6) is 0.671. The van der Waals surface area contributed by atoms with Crippen LogP contribution < -0.4 is 0 Å². The van der Waals surface area contributed by atoms with Crippen molar-refractivity contribution in [3.05, 3.63) is 53.6 Å². The molecule has 0 amide bonds. The van der Waals surface area contributed by atoms with E-state index in [2.05, 4.69) is 11.9 Å². The average Bonchev–Trinajstić information content (AvgIpc) is 2.75. The van der Waals surface area contributed by atoms with E-state index in [1.165, 1.54) is 5.56 Å². The predicted octanol–water partition coefficient (Wildman–Crippen LogP) is 2.06. The van der Waals surface area contributed by atoms with Gasteiger partial charge in [-0.25, -0.2) is 4.98 Å². The van der Waals surface area contributed by atoms with Crippen molar-refractivity contribution < 1.29 is 5.11 Å². The van der Waals surface area contributed by atoms with Gasteiger partial charge in [0.2, 0.25) is 0 Å². The third kappa shape index (κ3) is 1.99. The number of rotatable bonds is 3. The van der Waals surface area contributed by atoms with Crippen molar-refractivity contribution in [3.63, 3.8) is 0 Å². The second-order valence-corrected chi connectivity index (χ2v) is 3.89. The van der Waals surface area contributed by atoms with Gasteiger partial charge in [-0.3, -0.25) is 0 Å². The van der Waals surface area contributed by atoms with Gasteiger partial charge in [0, 0.05) is 19.4 Å². The summed E-state index contributed by atoms with van der Waals surface area (Å²) in [5, 5.41) is 10.1. The lowest BCUT2D eigenvalue weighted by atomic mass is 10.1. The van der Waals surface area contributed by atoms with Gasteiger partial charge in [-0.15, -0.1) is 0 Å². The van der Waals surface area contributed by atoms with E-state index in [1.54, 1.807) is 6.20 Å². The molecular weight excluding hydrogens is 200 g/mol. The average molecular weight is 216 g/mol. The Morgan fingerprint density at radius 2 is 2.00 bits per heavy atom. The van der Waals surface area contributed by atoms with E-state index < -0.39 is 6.10 Å². The van der Waals surface area contributed by atoms with Crippen LogP contribution in [0, 0.1) is 0 Å². The highest BCUT2D eigenvalue weighted by molar-refractivity contribution is 5.27. The molecule has 3 nitrogen and oxygen atoms in total. The number of aromatic nitrogens is 2. The lowest BCUT2D eigenvalue weighted by Crippen LogP contribution is -2.06. The molecule has 0 bridgehead atoms. The zero-order chi connectivity index (χ0) is 11.5. The first kappa shape index (κ1) is 10.9. The van der Waals surface area contributed by atoms with Crippen LogP contribution in [0.5, 0.6) is 0 Å². The third-order valence-electron chi connectivity index (χ3n) is 2.81. The normalized spacial score (nSPS) is 12.7. The van der Waals surface area contributed by atoms with E-state index in [0.29, 0.717) is 5.82 Å². The molecule has 0 saturated carbocycles. The molecule has 1 aromatic carbocycles. The van der Waals surface area contributed by atoms with Gasteiger partial charge in [-0.1, -0.05) is 31.2 Å². The Kier molecular flexibility index (Phi) is 3.06. The summed E-state index contributed by atoms with van der Waals surface area (Å²) in [6, 6.07) is 8.00. The van der Waals surface area contributed by atoms with Crippen LogP contribution in [0.1, 0.15) is 30.0 Å². The number of aliphatic hydroxyl groups is 1. The summed E-state index contributed by atoms with van der Waals surface area (Å²) in [4.78, 5) is 4.15. The number of aryl methyl sites for hydroxylation is 2. The molecule has 3 heteroatoms. The van der Waals surface area contributed by atoms with Crippen molar-refractivity contribution in [2.24, 2.45) is 7.05 Å². The maximum Gasteiger partial charge on any atom is 0.142 e. The van der Waals surface area contributed by atoms with Crippen LogP contribution in [0.4, 0.5) is 0 Å². The molecule has 1 aromatic heterocycles. The molecule has 0 aliphatic carbocycles. The molecule has 0 radical (unpaired) electrons. The van der Waals surface area contributed by atoms with Gasteiger partial charge in [0.05, 0.1) is 0 Å². The first-order valence-corrected chi connectivity index (χ1v) is 5.46. The summed E-state index contributed by atoms with van der Waals surface area (Å²) in [7, 11) is 1.88. The lowest BCUT2D eigenvalue weighted by molar-refractivity contribution is 0.206. The first-order valence-electron chi connectivity index (χ1n) is 5.46. The van der Waals surface area contributed by atoms with E-state index in [-0.39, 0.29) is 0 Å². The van der Waals surface area contributed by atoms with Gasteiger partial charge in [-0.05, 0) is 17.5 Å². The lowest BCUT2D eigenvalue weighted by Gasteiger charge is -2.11. The Labute approximate surface area is 95.4 Å². The molecule has 16 heavy (non-hydrogen) atoms. The third-order valence-corrected chi connectivity index (χ3v) is 2.81. The summed E-state index contributed by atoms with van der Waals surface area (Å²) in [5.41, 5.74) is 2.15. The van der Waals surface area contributed by atoms with Gasteiger partial charge in [0.15, 0.2) is 0 Å². The van der Waals surface area contributed by atoms with Crippen LogP contribution in [0.3, 0.4) is 0 Å². The smallest absolute Gasteiger partial charge is 0.142 e. The zero-order valence-corrected chi connectivity index (χ0v) is 9.59. The van der Waals surface area contributed by atoms with Gasteiger partial charge in [0.1, 0.15) is 11.9 Å². The van der Waals surface area contributed by atoms with Gasteiger partial charge < -0.3 is 9.67 Å². The molecular formula is C13H16N2O. The van der Waals surface area contributed by atoms with E-state index in [1.807, 2.05) is 42.1 Å². The van der Waals surface area contributed by atoms with Crippen LogP contribution in [0.15, 0.2) is 36.7 Å². The Balaban J connectivity index is 2.27. The van der Waals surface area contributed by atoms with E-state index in [0.717, 1.165) is 12.0 Å². The molecule has 0 saturated heterocycles. The van der Waals surface area contributed by atoms with Crippen molar-refractivity contribution in [3.8, 4) is 0 Å². The molecule has 1 heterocycles. The summed E-state index contributed by atoms with van der Waals surface area (Å²) in [6.45, 7) is 2.12. The Morgan fingerprint density at radius 1 is 1.31 bits per heavy atom. The second kappa shape index (κ2) is 4.49. The molecule has 1 atom stereocenters. The van der Waals surface area contributed by atoms with Crippen molar-refractivity contribution in [1.82, 2.24) is 9.55 Å². The summed E-state index contributed by atoms with van der Waals surface area (Å²) < 4.78 is 1.83. The molecule has 84 valence electrons. The highest BCUT2D eigenvalue weighted by Crippen LogP contribution is 2.20. The molecule has 2 aromatic rings. The molecule has 1 N–H and O–H groups in total. The number of nitrogens with zero attached hydrogens (tertiary/aromatic N) is 2. The maximum absolute atomic E-state index is 10.1. The number of benzene rings is 1. The minimum atomic E-state index is -0.647. The first-order chi connectivity index (χ1) is 7.72. The van der Waals surface area contributed by atoms with Crippen LogP contribution in [-0.2, 0) is 13.5 Å². The topological polar surface area (TPSA) is 38.1 Å². The highest BCUT2D eigenvalue weighted by atomic mass is 16.3. The minimum Gasteiger partial charge on any atom is -0.380 e. The molecule has 0 spiro atoms. The quantitative estimate of drug-likeness (QED) is 0.852. The van der Waals surface area contributed by atoms with Gasteiger partial charge in [-0.2, -0.15) is 0 Å². The fourth-order valence-electron chi connectivity index (χ4n) is 1.73. The fourth-order valence-corrected chi connectivity index (χ4v) is 1.73. The predicted molar refractivity (Wildman–Crippen MR) is 63.1 cm³/mol. The van der Waals surface area contributed by atoms with Crippen molar-refractivity contribution in [1.29, 1.82) is 0 Å². The van der Waals surface area contributed by atoms with Gasteiger partial charge in [0.25, 0.3) is 0 Å². The molecule has 2 rings (SSSR count). The largest absolute Gasteiger partial charge is 0.380 e. The van der Waals surface area contributed by atoms with Crippen LogP contribution in [-0.4, -0.2) is 14.7 Å². The number of hydrogen-bond donors (Lipinski definition) is 1. The SMILES string of the molecule is CCc1ccc([C@@H](O)c2nccn2C)cc1. The molecule has 0 aliphatic heterocycles. The highest BCUT2D eigenvalue weighted by Gasteiger charge is 2.14. The van der Waals surface area contributed by atoms with E-state index in [4.69, 9.17) is 0 Å². The van der Waals surface area contributed by atoms with Gasteiger partial charge >= 0.3 is 0 Å². The second-order valence-electron chi connectivity index (χ2n) is 3.89. The summed E-state index contributed by atoms with van der Waals surface area (Å²) in [6.07, 6.45) is 3.89. The monoisotopic (exact) mass is 216 g/mol.